The summed E-state index contributed by atoms with van der Waals surface area (Å²) in [6.07, 6.45) is 0. The van der Waals surface area contributed by atoms with E-state index in [9.17, 15) is 14.4 Å². The van der Waals surface area contributed by atoms with E-state index in [1.165, 1.54) is 6.92 Å². The molecule has 2 N–H and O–H groups in total. The fraction of sp³-hybridized carbons (Fsp3) is 0.286. The Bertz CT molecular complexity index is 902. The molecule has 2 aromatic carbocycles. The van der Waals surface area contributed by atoms with E-state index in [2.05, 4.69) is 0 Å². The van der Waals surface area contributed by atoms with Crippen LogP contribution in [0.4, 0.5) is 0 Å². The normalized spacial score (nSPS) is 10.4. The van der Waals surface area contributed by atoms with Crippen molar-refractivity contribution in [3.63, 3.8) is 0 Å². The van der Waals surface area contributed by atoms with E-state index >= 15 is 0 Å². The standard InChI is InChI=1S/C21H23NO5/c1-12-9-13(2)20(15(4)23)14(3)17(12)10-27-21(25)16-7-5-6-8-18(16)26-11-19(22)24/h5-9H,10-11H2,1-4H3,(H2,22,24). The van der Waals surface area contributed by atoms with E-state index in [4.69, 9.17) is 15.2 Å². The van der Waals surface area contributed by atoms with Crippen LogP contribution in [0.5, 0.6) is 5.75 Å². The lowest BCUT2D eigenvalue weighted by Crippen LogP contribution is -2.21. The van der Waals surface area contributed by atoms with E-state index < -0.39 is 11.9 Å². The van der Waals surface area contributed by atoms with E-state index in [0.717, 1.165) is 22.3 Å². The molecule has 1 amide bonds. The molecule has 0 aliphatic rings. The minimum Gasteiger partial charge on any atom is -0.483 e. The van der Waals surface area contributed by atoms with Crippen LogP contribution in [0.25, 0.3) is 0 Å². The van der Waals surface area contributed by atoms with Crippen molar-refractivity contribution in [2.75, 3.05) is 6.61 Å². The first kappa shape index (κ1) is 20.2. The number of aryl methyl sites for hydroxylation is 2. The summed E-state index contributed by atoms with van der Waals surface area (Å²) in [6, 6.07) is 8.38. The van der Waals surface area contributed by atoms with Crippen LogP contribution in [0.3, 0.4) is 0 Å². The Morgan fingerprint density at radius 1 is 1.04 bits per heavy atom. The fourth-order valence-corrected chi connectivity index (χ4v) is 3.12. The van der Waals surface area contributed by atoms with Crippen LogP contribution in [-0.4, -0.2) is 24.3 Å². The highest BCUT2D eigenvalue weighted by molar-refractivity contribution is 5.97. The third kappa shape index (κ3) is 4.73. The van der Waals surface area contributed by atoms with Crippen LogP contribution in [0, 0.1) is 20.8 Å². The number of para-hydroxylation sites is 1. The lowest BCUT2D eigenvalue weighted by atomic mass is 9.92. The molecule has 27 heavy (non-hydrogen) atoms. The predicted molar refractivity (Wildman–Crippen MR) is 101 cm³/mol. The lowest BCUT2D eigenvalue weighted by Gasteiger charge is -2.16. The summed E-state index contributed by atoms with van der Waals surface area (Å²) in [6.45, 7) is 6.87. The number of esters is 1. The zero-order chi connectivity index (χ0) is 20.1. The first-order valence-electron chi connectivity index (χ1n) is 8.50. The van der Waals surface area contributed by atoms with Gasteiger partial charge >= 0.3 is 5.97 Å². The molecule has 0 radical (unpaired) electrons. The summed E-state index contributed by atoms with van der Waals surface area (Å²) in [5.74, 6) is -1.02. The lowest BCUT2D eigenvalue weighted by molar-refractivity contribution is -0.119. The van der Waals surface area contributed by atoms with Gasteiger partial charge in [-0.05, 0) is 62.1 Å². The van der Waals surface area contributed by atoms with Crippen molar-refractivity contribution in [1.82, 2.24) is 0 Å². The first-order valence-corrected chi connectivity index (χ1v) is 8.50. The first-order chi connectivity index (χ1) is 12.7. The maximum atomic E-state index is 12.5. The molecule has 0 saturated heterocycles. The molecule has 0 heterocycles. The summed E-state index contributed by atoms with van der Waals surface area (Å²) in [7, 11) is 0. The second kappa shape index (κ2) is 8.49. The molecule has 0 saturated carbocycles. The van der Waals surface area contributed by atoms with Gasteiger partial charge in [0.2, 0.25) is 0 Å². The smallest absolute Gasteiger partial charge is 0.342 e. The van der Waals surface area contributed by atoms with E-state index in [0.29, 0.717) is 5.56 Å². The van der Waals surface area contributed by atoms with Gasteiger partial charge in [0.1, 0.15) is 17.9 Å². The van der Waals surface area contributed by atoms with Gasteiger partial charge < -0.3 is 15.2 Å². The van der Waals surface area contributed by atoms with Crippen LogP contribution in [0.15, 0.2) is 30.3 Å². The summed E-state index contributed by atoms with van der Waals surface area (Å²) >= 11 is 0. The molecule has 6 nitrogen and oxygen atoms in total. The van der Waals surface area contributed by atoms with Crippen LogP contribution in [0.1, 0.15) is 49.9 Å². The molecule has 0 atom stereocenters. The van der Waals surface area contributed by atoms with Gasteiger partial charge in [-0.15, -0.1) is 0 Å². The minimum absolute atomic E-state index is 0.0252. The fourth-order valence-electron chi connectivity index (χ4n) is 3.12. The SMILES string of the molecule is CC(=O)c1c(C)cc(C)c(COC(=O)c2ccccc2OCC(N)=O)c1C. The summed E-state index contributed by atoms with van der Waals surface area (Å²) in [4.78, 5) is 35.3. The highest BCUT2D eigenvalue weighted by Gasteiger charge is 2.18. The summed E-state index contributed by atoms with van der Waals surface area (Å²) < 4.78 is 10.7. The van der Waals surface area contributed by atoms with Crippen molar-refractivity contribution in [2.24, 2.45) is 5.73 Å². The molecule has 0 aliphatic carbocycles. The van der Waals surface area contributed by atoms with Crippen LogP contribution in [-0.2, 0) is 16.1 Å². The average molecular weight is 369 g/mol. The van der Waals surface area contributed by atoms with Gasteiger partial charge in [-0.2, -0.15) is 0 Å². The molecular formula is C21H23NO5. The monoisotopic (exact) mass is 369 g/mol. The van der Waals surface area contributed by atoms with Crippen molar-refractivity contribution >= 4 is 17.7 Å². The molecule has 2 aromatic rings. The van der Waals surface area contributed by atoms with Gasteiger partial charge in [-0.25, -0.2) is 4.79 Å². The summed E-state index contributed by atoms with van der Waals surface area (Å²) in [5, 5.41) is 0. The van der Waals surface area contributed by atoms with Crippen LogP contribution >= 0.6 is 0 Å². The number of benzene rings is 2. The van der Waals surface area contributed by atoms with Gasteiger partial charge in [-0.1, -0.05) is 18.2 Å². The number of hydrogen-bond donors (Lipinski definition) is 1. The third-order valence-electron chi connectivity index (χ3n) is 4.31. The molecular weight excluding hydrogens is 346 g/mol. The Labute approximate surface area is 158 Å². The molecule has 2 rings (SSSR count). The highest BCUT2D eigenvalue weighted by Crippen LogP contribution is 2.25. The Hall–Kier alpha value is -3.15. The summed E-state index contributed by atoms with van der Waals surface area (Å²) in [5.41, 5.74) is 9.39. The highest BCUT2D eigenvalue weighted by atomic mass is 16.5. The number of rotatable bonds is 7. The van der Waals surface area contributed by atoms with Gasteiger partial charge in [0.15, 0.2) is 12.4 Å². The van der Waals surface area contributed by atoms with Crippen molar-refractivity contribution in [3.8, 4) is 5.75 Å². The number of nitrogens with two attached hydrogens (primary N) is 1. The second-order valence-electron chi connectivity index (χ2n) is 6.37. The zero-order valence-corrected chi connectivity index (χ0v) is 15.9. The molecule has 0 spiro atoms. The van der Waals surface area contributed by atoms with Crippen LogP contribution < -0.4 is 10.5 Å². The zero-order valence-electron chi connectivity index (χ0n) is 15.9. The van der Waals surface area contributed by atoms with E-state index in [1.54, 1.807) is 24.3 Å². The molecule has 0 unspecified atom stereocenters. The molecule has 0 fully saturated rings. The minimum atomic E-state index is -0.638. The molecule has 0 aromatic heterocycles. The number of hydrogen-bond acceptors (Lipinski definition) is 5. The van der Waals surface area contributed by atoms with Crippen molar-refractivity contribution in [2.45, 2.75) is 34.3 Å². The number of carbonyl (C=O) groups is 3. The number of primary amides is 1. The number of ketones is 1. The van der Waals surface area contributed by atoms with Crippen molar-refractivity contribution in [3.05, 3.63) is 63.7 Å². The number of ether oxygens (including phenoxy) is 2. The number of amides is 1. The maximum Gasteiger partial charge on any atom is 0.342 e. The Kier molecular flexibility index (Phi) is 6.34. The molecule has 0 bridgehead atoms. The second-order valence-corrected chi connectivity index (χ2v) is 6.37. The van der Waals surface area contributed by atoms with Crippen molar-refractivity contribution in [1.29, 1.82) is 0 Å². The maximum absolute atomic E-state index is 12.5. The quantitative estimate of drug-likeness (QED) is 0.598. The third-order valence-corrected chi connectivity index (χ3v) is 4.31. The Morgan fingerprint density at radius 2 is 1.70 bits per heavy atom. The topological polar surface area (TPSA) is 95.7 Å². The van der Waals surface area contributed by atoms with E-state index in [-0.39, 0.29) is 30.3 Å². The van der Waals surface area contributed by atoms with Gasteiger partial charge in [0.25, 0.3) is 5.91 Å². The van der Waals surface area contributed by atoms with Gasteiger partial charge in [0, 0.05) is 5.56 Å². The van der Waals surface area contributed by atoms with Gasteiger partial charge in [0.05, 0.1) is 0 Å². The predicted octanol–water partition coefficient (Wildman–Crippen LogP) is 3.04. The average Bonchev–Trinajstić information content (AvgIpc) is 2.59. The molecule has 6 heteroatoms. The number of Topliss-reactive ketones (excluding diaryl/α,β-unsaturated/α-hetero) is 1. The Balaban J connectivity index is 2.23. The van der Waals surface area contributed by atoms with Crippen molar-refractivity contribution < 1.29 is 23.9 Å². The van der Waals surface area contributed by atoms with Gasteiger partial charge in [-0.3, -0.25) is 9.59 Å². The molecule has 0 aliphatic heterocycles. The van der Waals surface area contributed by atoms with E-state index in [1.807, 2.05) is 26.8 Å². The molecule has 142 valence electrons. The van der Waals surface area contributed by atoms with Crippen LogP contribution in [0.2, 0.25) is 0 Å². The number of carbonyl (C=O) groups excluding carboxylic acids is 3. The Morgan fingerprint density at radius 3 is 2.33 bits per heavy atom. The largest absolute Gasteiger partial charge is 0.483 e.